The summed E-state index contributed by atoms with van der Waals surface area (Å²) in [5.74, 6) is 0.0894. The molecule has 1 aromatic heterocycles. The molecular formula is C16H19N3O2. The first-order chi connectivity index (χ1) is 10.1. The molecule has 21 heavy (non-hydrogen) atoms. The van der Waals surface area contributed by atoms with Crippen molar-refractivity contribution in [2.45, 2.75) is 13.3 Å². The van der Waals surface area contributed by atoms with Gasteiger partial charge in [-0.2, -0.15) is 0 Å². The van der Waals surface area contributed by atoms with Crippen molar-refractivity contribution in [2.75, 3.05) is 26.2 Å². The van der Waals surface area contributed by atoms with Crippen molar-refractivity contribution < 1.29 is 9.59 Å². The Hall–Kier alpha value is -2.30. The van der Waals surface area contributed by atoms with Crippen molar-refractivity contribution in [2.24, 2.45) is 0 Å². The van der Waals surface area contributed by atoms with Crippen molar-refractivity contribution in [3.05, 3.63) is 36.0 Å². The first kappa shape index (κ1) is 13.7. The van der Waals surface area contributed by atoms with Gasteiger partial charge in [0.15, 0.2) is 0 Å². The third kappa shape index (κ3) is 2.77. The molecule has 1 N–H and O–H groups in total. The molecule has 110 valence electrons. The van der Waals surface area contributed by atoms with Gasteiger partial charge in [0.1, 0.15) is 5.69 Å². The zero-order valence-corrected chi connectivity index (χ0v) is 12.1. The van der Waals surface area contributed by atoms with Crippen LogP contribution in [0.2, 0.25) is 0 Å². The van der Waals surface area contributed by atoms with Crippen LogP contribution in [0.3, 0.4) is 0 Å². The van der Waals surface area contributed by atoms with Crippen LogP contribution in [0.25, 0.3) is 10.9 Å². The van der Waals surface area contributed by atoms with Crippen LogP contribution >= 0.6 is 0 Å². The highest BCUT2D eigenvalue weighted by Crippen LogP contribution is 2.17. The van der Waals surface area contributed by atoms with E-state index in [-0.39, 0.29) is 11.8 Å². The van der Waals surface area contributed by atoms with Crippen LogP contribution in [-0.2, 0) is 4.79 Å². The van der Waals surface area contributed by atoms with Gasteiger partial charge in [0.2, 0.25) is 5.91 Å². The van der Waals surface area contributed by atoms with Crippen LogP contribution in [0.5, 0.6) is 0 Å². The van der Waals surface area contributed by atoms with Gasteiger partial charge in [-0.3, -0.25) is 9.59 Å². The van der Waals surface area contributed by atoms with E-state index >= 15 is 0 Å². The van der Waals surface area contributed by atoms with Crippen LogP contribution in [0.1, 0.15) is 23.8 Å². The maximum absolute atomic E-state index is 12.6. The molecule has 2 amide bonds. The molecule has 0 unspecified atom stereocenters. The summed E-state index contributed by atoms with van der Waals surface area (Å²) in [4.78, 5) is 30.8. The zero-order chi connectivity index (χ0) is 14.8. The summed E-state index contributed by atoms with van der Waals surface area (Å²) >= 11 is 0. The predicted octanol–water partition coefficient (Wildman–Crippen LogP) is 1.86. The number of benzene rings is 1. The molecule has 0 radical (unpaired) electrons. The number of carbonyl (C=O) groups is 2. The molecule has 1 saturated heterocycles. The van der Waals surface area contributed by atoms with Crippen LogP contribution in [0.4, 0.5) is 0 Å². The second kappa shape index (κ2) is 5.60. The largest absolute Gasteiger partial charge is 0.351 e. The Kier molecular flexibility index (Phi) is 3.64. The number of aromatic nitrogens is 1. The Bertz CT molecular complexity index is 644. The van der Waals surface area contributed by atoms with Gasteiger partial charge in [-0.15, -0.1) is 0 Å². The van der Waals surface area contributed by atoms with Gasteiger partial charge >= 0.3 is 0 Å². The number of amides is 2. The molecule has 2 aromatic rings. The van der Waals surface area contributed by atoms with Crippen molar-refractivity contribution >= 4 is 22.7 Å². The lowest BCUT2D eigenvalue weighted by Gasteiger charge is -2.20. The zero-order valence-electron chi connectivity index (χ0n) is 12.1. The second-order valence-corrected chi connectivity index (χ2v) is 5.42. The SMILES string of the molecule is CC(=O)N1CCCN(C(=O)c2cc3ccccc3[nH]2)CC1. The molecule has 5 nitrogen and oxygen atoms in total. The summed E-state index contributed by atoms with van der Waals surface area (Å²) in [6.07, 6.45) is 0.825. The average Bonchev–Trinajstić information content (AvgIpc) is 2.75. The van der Waals surface area contributed by atoms with Crippen LogP contribution in [-0.4, -0.2) is 52.8 Å². The number of carbonyl (C=O) groups excluding carboxylic acids is 2. The van der Waals surface area contributed by atoms with E-state index in [9.17, 15) is 9.59 Å². The Morgan fingerprint density at radius 3 is 2.52 bits per heavy atom. The number of fused-ring (bicyclic) bond motifs is 1. The Labute approximate surface area is 123 Å². The second-order valence-electron chi connectivity index (χ2n) is 5.42. The minimum atomic E-state index is 0.0107. The highest BCUT2D eigenvalue weighted by molar-refractivity contribution is 5.98. The monoisotopic (exact) mass is 285 g/mol. The number of rotatable bonds is 1. The van der Waals surface area contributed by atoms with E-state index < -0.39 is 0 Å². The molecule has 2 heterocycles. The smallest absolute Gasteiger partial charge is 0.270 e. The molecule has 0 atom stereocenters. The molecule has 0 spiro atoms. The van der Waals surface area contributed by atoms with E-state index in [1.165, 1.54) is 0 Å². The van der Waals surface area contributed by atoms with Gasteiger partial charge in [-0.05, 0) is 18.6 Å². The summed E-state index contributed by atoms with van der Waals surface area (Å²) in [7, 11) is 0. The van der Waals surface area contributed by atoms with E-state index in [2.05, 4.69) is 4.98 Å². The summed E-state index contributed by atoms with van der Waals surface area (Å²) < 4.78 is 0. The minimum absolute atomic E-state index is 0.0107. The molecule has 1 aliphatic rings. The number of aromatic amines is 1. The number of H-pyrrole nitrogens is 1. The van der Waals surface area contributed by atoms with E-state index in [1.54, 1.807) is 11.8 Å². The van der Waals surface area contributed by atoms with Crippen LogP contribution in [0.15, 0.2) is 30.3 Å². The average molecular weight is 285 g/mol. The van der Waals surface area contributed by atoms with E-state index in [1.807, 2.05) is 35.2 Å². The number of hydrogen-bond acceptors (Lipinski definition) is 2. The Morgan fingerprint density at radius 1 is 1.05 bits per heavy atom. The van der Waals surface area contributed by atoms with Gasteiger partial charge in [-0.1, -0.05) is 18.2 Å². The third-order valence-corrected chi connectivity index (χ3v) is 3.99. The molecule has 1 aromatic carbocycles. The van der Waals surface area contributed by atoms with E-state index in [4.69, 9.17) is 0 Å². The Morgan fingerprint density at radius 2 is 1.76 bits per heavy atom. The standard InChI is InChI=1S/C16H19N3O2/c1-12(20)18-7-4-8-19(10-9-18)16(21)15-11-13-5-2-3-6-14(13)17-15/h2-3,5-6,11,17H,4,7-10H2,1H3. The summed E-state index contributed by atoms with van der Waals surface area (Å²) in [6, 6.07) is 9.75. The van der Waals surface area contributed by atoms with Crippen molar-refractivity contribution in [1.82, 2.24) is 14.8 Å². The fourth-order valence-corrected chi connectivity index (χ4v) is 2.79. The molecule has 1 aliphatic heterocycles. The third-order valence-electron chi connectivity index (χ3n) is 3.99. The van der Waals surface area contributed by atoms with Crippen LogP contribution in [0, 0.1) is 0 Å². The minimum Gasteiger partial charge on any atom is -0.351 e. The lowest BCUT2D eigenvalue weighted by Crippen LogP contribution is -2.36. The van der Waals surface area contributed by atoms with E-state index in [0.717, 1.165) is 23.9 Å². The molecule has 0 aliphatic carbocycles. The van der Waals surface area contributed by atoms with Crippen molar-refractivity contribution in [3.63, 3.8) is 0 Å². The molecule has 3 rings (SSSR count). The maximum atomic E-state index is 12.6. The highest BCUT2D eigenvalue weighted by atomic mass is 16.2. The number of hydrogen-bond donors (Lipinski definition) is 1. The normalized spacial score (nSPS) is 16.0. The lowest BCUT2D eigenvalue weighted by atomic mass is 10.2. The summed E-state index contributed by atoms with van der Waals surface area (Å²) in [5, 5.41) is 1.04. The molecule has 0 bridgehead atoms. The number of nitrogens with zero attached hydrogens (tertiary/aromatic N) is 2. The van der Waals surface area contributed by atoms with Crippen molar-refractivity contribution in [1.29, 1.82) is 0 Å². The predicted molar refractivity (Wildman–Crippen MR) is 81.1 cm³/mol. The molecule has 5 heteroatoms. The number of para-hydroxylation sites is 1. The highest BCUT2D eigenvalue weighted by Gasteiger charge is 2.22. The van der Waals surface area contributed by atoms with E-state index in [0.29, 0.717) is 25.3 Å². The summed E-state index contributed by atoms with van der Waals surface area (Å²) in [6.45, 7) is 4.20. The number of nitrogens with one attached hydrogen (secondary N) is 1. The van der Waals surface area contributed by atoms with Gasteiger partial charge in [0.25, 0.3) is 5.91 Å². The fraction of sp³-hybridized carbons (Fsp3) is 0.375. The first-order valence-corrected chi connectivity index (χ1v) is 7.28. The fourth-order valence-electron chi connectivity index (χ4n) is 2.79. The van der Waals surface area contributed by atoms with Gasteiger partial charge in [0, 0.05) is 44.0 Å². The maximum Gasteiger partial charge on any atom is 0.270 e. The first-order valence-electron chi connectivity index (χ1n) is 7.28. The topological polar surface area (TPSA) is 56.4 Å². The summed E-state index contributed by atoms with van der Waals surface area (Å²) in [5.41, 5.74) is 1.59. The van der Waals surface area contributed by atoms with Crippen molar-refractivity contribution in [3.8, 4) is 0 Å². The molecule has 0 saturated carbocycles. The van der Waals surface area contributed by atoms with Gasteiger partial charge < -0.3 is 14.8 Å². The lowest BCUT2D eigenvalue weighted by molar-refractivity contribution is -0.128. The Balaban J connectivity index is 1.77. The molecular weight excluding hydrogens is 266 g/mol. The quantitative estimate of drug-likeness (QED) is 0.869. The van der Waals surface area contributed by atoms with Gasteiger partial charge in [0.05, 0.1) is 0 Å². The molecule has 1 fully saturated rings. The van der Waals surface area contributed by atoms with Gasteiger partial charge in [-0.25, -0.2) is 0 Å². The van der Waals surface area contributed by atoms with Crippen LogP contribution < -0.4 is 0 Å².